The number of carbonyl (C=O) groups excluding carboxylic acids is 1. The van der Waals surface area contributed by atoms with E-state index in [4.69, 9.17) is 16.3 Å². The molecule has 1 aliphatic rings. The highest BCUT2D eigenvalue weighted by Gasteiger charge is 2.25. The summed E-state index contributed by atoms with van der Waals surface area (Å²) in [5.41, 5.74) is 0.492. The third-order valence-corrected chi connectivity index (χ3v) is 4.79. The van der Waals surface area contributed by atoms with Gasteiger partial charge in [0.05, 0.1) is 12.7 Å². The molecule has 0 radical (unpaired) electrons. The fraction of sp³-hybridized carbons (Fsp3) is 0.421. The minimum Gasteiger partial charge on any atom is -0.496 e. The number of benzene rings is 1. The molecule has 0 unspecified atom stereocenters. The van der Waals surface area contributed by atoms with Gasteiger partial charge >= 0.3 is 0 Å². The number of hydrogen-bond acceptors (Lipinski definition) is 6. The number of aryl methyl sites for hydroxylation is 1. The smallest absolute Gasteiger partial charge is 0.257 e. The van der Waals surface area contributed by atoms with E-state index in [0.29, 0.717) is 42.5 Å². The number of hydrogen-bond donors (Lipinski definition) is 0. The fourth-order valence-electron chi connectivity index (χ4n) is 3.08. The van der Waals surface area contributed by atoms with Crippen LogP contribution in [0, 0.1) is 6.92 Å². The third-order valence-electron chi connectivity index (χ3n) is 4.55. The molecule has 8 heteroatoms. The van der Waals surface area contributed by atoms with Gasteiger partial charge in [-0.3, -0.25) is 4.79 Å². The normalized spacial score (nSPS) is 14.3. The minimum atomic E-state index is -0.0677. The molecule has 1 saturated heterocycles. The molecule has 2 heterocycles. The Balaban J connectivity index is 1.72. The largest absolute Gasteiger partial charge is 0.496 e. The van der Waals surface area contributed by atoms with Gasteiger partial charge in [0.1, 0.15) is 23.2 Å². The van der Waals surface area contributed by atoms with Crippen LogP contribution in [0.3, 0.4) is 0 Å². The Labute approximate surface area is 164 Å². The highest BCUT2D eigenvalue weighted by molar-refractivity contribution is 6.31. The zero-order valence-electron chi connectivity index (χ0n) is 16.1. The van der Waals surface area contributed by atoms with E-state index in [9.17, 15) is 4.79 Å². The molecule has 27 heavy (non-hydrogen) atoms. The highest BCUT2D eigenvalue weighted by atomic mass is 35.5. The summed E-state index contributed by atoms with van der Waals surface area (Å²) in [5, 5.41) is 0.519. The van der Waals surface area contributed by atoms with Gasteiger partial charge < -0.3 is 19.4 Å². The summed E-state index contributed by atoms with van der Waals surface area (Å²) in [5.74, 6) is 2.97. The molecule has 2 aromatic rings. The molecular weight excluding hydrogens is 366 g/mol. The summed E-state index contributed by atoms with van der Waals surface area (Å²) in [6.07, 6.45) is 0. The summed E-state index contributed by atoms with van der Waals surface area (Å²) in [4.78, 5) is 27.9. The second-order valence-corrected chi connectivity index (χ2v) is 7.09. The van der Waals surface area contributed by atoms with Crippen molar-refractivity contribution >= 4 is 29.1 Å². The van der Waals surface area contributed by atoms with E-state index in [1.165, 1.54) is 0 Å². The van der Waals surface area contributed by atoms with Crippen molar-refractivity contribution in [1.29, 1.82) is 0 Å². The number of carbonyl (C=O) groups is 1. The Bertz CT molecular complexity index is 835. The summed E-state index contributed by atoms with van der Waals surface area (Å²) in [6.45, 7) is 4.52. The van der Waals surface area contributed by atoms with Gasteiger partial charge in [0.25, 0.3) is 5.91 Å². The minimum absolute atomic E-state index is 0.0677. The number of ether oxygens (including phenoxy) is 1. The first-order chi connectivity index (χ1) is 12.9. The zero-order valence-corrected chi connectivity index (χ0v) is 16.8. The van der Waals surface area contributed by atoms with Gasteiger partial charge in [0.15, 0.2) is 0 Å². The van der Waals surface area contributed by atoms with E-state index in [-0.39, 0.29) is 5.91 Å². The van der Waals surface area contributed by atoms with E-state index in [2.05, 4.69) is 14.9 Å². The predicted molar refractivity (Wildman–Crippen MR) is 107 cm³/mol. The van der Waals surface area contributed by atoms with Crippen molar-refractivity contribution in [2.24, 2.45) is 0 Å². The lowest BCUT2D eigenvalue weighted by Gasteiger charge is -2.36. The number of amides is 1. The number of piperazine rings is 1. The molecule has 144 valence electrons. The summed E-state index contributed by atoms with van der Waals surface area (Å²) in [6, 6.07) is 7.07. The molecule has 0 bridgehead atoms. The van der Waals surface area contributed by atoms with Crippen LogP contribution in [-0.4, -0.2) is 68.2 Å². The number of rotatable bonds is 4. The SMILES string of the molecule is COc1ccc(Cl)cc1C(=O)N1CCN(c2cc(N(C)C)nc(C)n2)CC1. The number of methoxy groups -OCH3 is 1. The lowest BCUT2D eigenvalue weighted by atomic mass is 10.1. The average Bonchev–Trinajstić information content (AvgIpc) is 2.67. The summed E-state index contributed by atoms with van der Waals surface area (Å²) >= 11 is 6.06. The molecule has 0 aliphatic carbocycles. The van der Waals surface area contributed by atoms with E-state index in [1.807, 2.05) is 36.9 Å². The van der Waals surface area contributed by atoms with Crippen molar-refractivity contribution < 1.29 is 9.53 Å². The molecule has 3 rings (SSSR count). The van der Waals surface area contributed by atoms with Gasteiger partial charge in [-0.25, -0.2) is 9.97 Å². The Morgan fingerprint density at radius 1 is 1.15 bits per heavy atom. The molecule has 1 aliphatic heterocycles. The molecule has 1 fully saturated rings. The van der Waals surface area contributed by atoms with Crippen molar-refractivity contribution in [3.8, 4) is 5.75 Å². The second-order valence-electron chi connectivity index (χ2n) is 6.65. The van der Waals surface area contributed by atoms with Crippen molar-refractivity contribution in [2.75, 3.05) is 57.2 Å². The first kappa shape index (κ1) is 19.2. The van der Waals surface area contributed by atoms with Gasteiger partial charge in [0.2, 0.25) is 0 Å². The van der Waals surface area contributed by atoms with Crippen LogP contribution < -0.4 is 14.5 Å². The van der Waals surface area contributed by atoms with Crippen LogP contribution in [0.5, 0.6) is 5.75 Å². The van der Waals surface area contributed by atoms with E-state index in [0.717, 1.165) is 17.5 Å². The molecule has 0 N–H and O–H groups in total. The fourth-order valence-corrected chi connectivity index (χ4v) is 3.26. The monoisotopic (exact) mass is 389 g/mol. The molecule has 1 aromatic carbocycles. The number of anilines is 2. The van der Waals surface area contributed by atoms with Crippen LogP contribution in [0.4, 0.5) is 11.6 Å². The first-order valence-electron chi connectivity index (χ1n) is 8.80. The van der Waals surface area contributed by atoms with Crippen LogP contribution >= 0.6 is 11.6 Å². The van der Waals surface area contributed by atoms with Gasteiger partial charge in [-0.15, -0.1) is 0 Å². The quantitative estimate of drug-likeness (QED) is 0.800. The maximum Gasteiger partial charge on any atom is 0.257 e. The lowest BCUT2D eigenvalue weighted by Crippen LogP contribution is -2.49. The van der Waals surface area contributed by atoms with E-state index < -0.39 is 0 Å². The molecular formula is C19H24ClN5O2. The Hall–Kier alpha value is -2.54. The van der Waals surface area contributed by atoms with Gasteiger partial charge in [-0.2, -0.15) is 0 Å². The standard InChI is InChI=1S/C19H24ClN5O2/c1-13-21-17(23(2)3)12-18(22-13)24-7-9-25(10-8-24)19(26)15-11-14(20)5-6-16(15)27-4/h5-6,11-12H,7-10H2,1-4H3. The topological polar surface area (TPSA) is 61.8 Å². The number of halogens is 1. The van der Waals surface area contributed by atoms with Gasteiger partial charge in [0, 0.05) is 51.4 Å². The summed E-state index contributed by atoms with van der Waals surface area (Å²) < 4.78 is 5.31. The van der Waals surface area contributed by atoms with Crippen molar-refractivity contribution in [3.63, 3.8) is 0 Å². The molecule has 7 nitrogen and oxygen atoms in total. The molecule has 1 amide bonds. The average molecular weight is 390 g/mol. The van der Waals surface area contributed by atoms with Crippen LogP contribution in [0.1, 0.15) is 16.2 Å². The van der Waals surface area contributed by atoms with Crippen molar-refractivity contribution in [2.45, 2.75) is 6.92 Å². The highest BCUT2D eigenvalue weighted by Crippen LogP contribution is 2.25. The second kappa shape index (κ2) is 8.00. The van der Waals surface area contributed by atoms with Gasteiger partial charge in [-0.05, 0) is 25.1 Å². The van der Waals surface area contributed by atoms with Crippen LogP contribution in [0.2, 0.25) is 5.02 Å². The van der Waals surface area contributed by atoms with Crippen LogP contribution in [0.25, 0.3) is 0 Å². The van der Waals surface area contributed by atoms with Crippen LogP contribution in [-0.2, 0) is 0 Å². The Kier molecular flexibility index (Phi) is 5.70. The summed E-state index contributed by atoms with van der Waals surface area (Å²) in [7, 11) is 5.47. The van der Waals surface area contributed by atoms with Crippen molar-refractivity contribution in [3.05, 3.63) is 40.7 Å². The molecule has 0 atom stereocenters. The molecule has 1 aromatic heterocycles. The first-order valence-corrected chi connectivity index (χ1v) is 9.17. The molecule has 0 saturated carbocycles. The zero-order chi connectivity index (χ0) is 19.6. The van der Waals surface area contributed by atoms with Gasteiger partial charge in [-0.1, -0.05) is 11.6 Å². The van der Waals surface area contributed by atoms with Crippen molar-refractivity contribution in [1.82, 2.24) is 14.9 Å². The maximum absolute atomic E-state index is 12.9. The predicted octanol–water partition coefficient (Wildman–Crippen LogP) is 2.48. The Morgan fingerprint density at radius 2 is 1.85 bits per heavy atom. The van der Waals surface area contributed by atoms with E-state index >= 15 is 0 Å². The molecule has 0 spiro atoms. The maximum atomic E-state index is 12.9. The van der Waals surface area contributed by atoms with E-state index in [1.54, 1.807) is 25.3 Å². The number of nitrogens with zero attached hydrogens (tertiary/aromatic N) is 5. The number of aromatic nitrogens is 2. The lowest BCUT2D eigenvalue weighted by molar-refractivity contribution is 0.0743. The van der Waals surface area contributed by atoms with Crippen LogP contribution in [0.15, 0.2) is 24.3 Å². The third kappa shape index (κ3) is 4.24. The Morgan fingerprint density at radius 3 is 2.48 bits per heavy atom.